The second kappa shape index (κ2) is 5.96. The summed E-state index contributed by atoms with van der Waals surface area (Å²) < 4.78 is 2.42. The predicted octanol–water partition coefficient (Wildman–Crippen LogP) is 1.33. The Hall–Kier alpha value is -1.76. The second-order valence-corrected chi connectivity index (χ2v) is 3.82. The van der Waals surface area contributed by atoms with Gasteiger partial charge in [0.1, 0.15) is 0 Å². The molecule has 1 rings (SSSR count). The third kappa shape index (κ3) is 4.65. The molecule has 0 atom stereocenters. The highest BCUT2D eigenvalue weighted by atomic mass is 32.2. The molecule has 0 saturated heterocycles. The monoisotopic (exact) mass is 242 g/mol. The van der Waals surface area contributed by atoms with Gasteiger partial charge in [0.15, 0.2) is 6.61 Å². The fourth-order valence-corrected chi connectivity index (χ4v) is 1.43. The number of hydrogen-bond acceptors (Lipinski definition) is 5. The van der Waals surface area contributed by atoms with E-state index in [-0.39, 0.29) is 0 Å². The first kappa shape index (κ1) is 12.3. The molecular weight excluding hydrogens is 232 g/mol. The van der Waals surface area contributed by atoms with Gasteiger partial charge in [-0.15, -0.1) is 10.1 Å². The zero-order chi connectivity index (χ0) is 12.0. The average Bonchev–Trinajstić information content (AvgIpc) is 2.25. The van der Waals surface area contributed by atoms with Gasteiger partial charge in [-0.25, -0.2) is 0 Å². The Bertz CT molecular complexity index is 380. The van der Waals surface area contributed by atoms with Crippen LogP contribution in [0.4, 0.5) is 0 Å². The van der Waals surface area contributed by atoms with Crippen LogP contribution in [0, 0.1) is 17.0 Å². The van der Waals surface area contributed by atoms with Crippen molar-refractivity contribution in [3.8, 4) is 0 Å². The van der Waals surface area contributed by atoms with Crippen molar-refractivity contribution < 1.29 is 14.7 Å². The average molecular weight is 242 g/mol. The van der Waals surface area contributed by atoms with Crippen LogP contribution in [0.15, 0.2) is 29.2 Å². The van der Waals surface area contributed by atoms with Crippen LogP contribution in [0.1, 0.15) is 5.56 Å². The van der Waals surface area contributed by atoms with E-state index in [9.17, 15) is 14.9 Å². The van der Waals surface area contributed by atoms with Crippen LogP contribution in [0.3, 0.4) is 0 Å². The Morgan fingerprint density at radius 2 is 2.12 bits per heavy atom. The van der Waals surface area contributed by atoms with E-state index in [1.165, 1.54) is 0 Å². The zero-order valence-electron chi connectivity index (χ0n) is 8.50. The molecule has 0 spiro atoms. The fourth-order valence-electron chi connectivity index (χ4n) is 0.863. The molecule has 0 fully saturated rings. The summed E-state index contributed by atoms with van der Waals surface area (Å²) in [6, 6.07) is 7.49. The largest absolute Gasteiger partial charge is 0.304 e. The molecular formula is C9H10N2O4S. The van der Waals surface area contributed by atoms with E-state index in [4.69, 9.17) is 0 Å². The topological polar surface area (TPSA) is 81.5 Å². The molecule has 0 aliphatic heterocycles. The summed E-state index contributed by atoms with van der Waals surface area (Å²) in [7, 11) is 0. The summed E-state index contributed by atoms with van der Waals surface area (Å²) in [6.45, 7) is 1.36. The maximum atomic E-state index is 11.0. The summed E-state index contributed by atoms with van der Waals surface area (Å²) in [5, 5.41) is 8.81. The van der Waals surface area contributed by atoms with Crippen LogP contribution in [0.25, 0.3) is 0 Å². The molecule has 7 heteroatoms. The highest BCUT2D eigenvalue weighted by molar-refractivity contribution is 7.98. The van der Waals surface area contributed by atoms with Crippen molar-refractivity contribution in [2.75, 3.05) is 6.61 Å². The van der Waals surface area contributed by atoms with Crippen LogP contribution < -0.4 is 4.72 Å². The van der Waals surface area contributed by atoms with Gasteiger partial charge in [0.25, 0.3) is 11.0 Å². The lowest BCUT2D eigenvalue weighted by Gasteiger charge is -2.03. The number of rotatable bonds is 5. The molecule has 6 nitrogen and oxygen atoms in total. The van der Waals surface area contributed by atoms with Crippen LogP contribution in [0.2, 0.25) is 0 Å². The first-order valence-electron chi connectivity index (χ1n) is 4.37. The number of amides is 1. The minimum Gasteiger partial charge on any atom is -0.304 e. The first-order chi connectivity index (χ1) is 7.58. The number of aryl methyl sites for hydroxylation is 1. The summed E-state index contributed by atoms with van der Waals surface area (Å²) >= 11 is 1.09. The molecule has 1 N–H and O–H groups in total. The molecule has 1 amide bonds. The van der Waals surface area contributed by atoms with Gasteiger partial charge in [-0.3, -0.25) is 9.52 Å². The number of hydrogen-bond donors (Lipinski definition) is 1. The summed E-state index contributed by atoms with van der Waals surface area (Å²) in [5.74, 6) is -0.553. The van der Waals surface area contributed by atoms with Gasteiger partial charge in [0, 0.05) is 4.90 Å². The normalized spacial score (nSPS) is 9.56. The lowest BCUT2D eigenvalue weighted by atomic mass is 10.2. The molecule has 0 unspecified atom stereocenters. The molecule has 0 radical (unpaired) electrons. The molecule has 0 aliphatic rings. The summed E-state index contributed by atoms with van der Waals surface area (Å²) in [6.07, 6.45) is 0. The standard InChI is InChI=1S/C9H10N2O4S/c1-7-2-4-8(5-3-7)16-10-9(12)6-15-11(13)14/h2-5H,6H2,1H3,(H,10,12). The van der Waals surface area contributed by atoms with Crippen molar-refractivity contribution in [1.29, 1.82) is 0 Å². The first-order valence-corrected chi connectivity index (χ1v) is 5.19. The van der Waals surface area contributed by atoms with Crippen molar-refractivity contribution in [2.45, 2.75) is 11.8 Å². The molecule has 86 valence electrons. The number of nitrogens with zero attached hydrogens (tertiary/aromatic N) is 1. The summed E-state index contributed by atoms with van der Waals surface area (Å²) in [5.41, 5.74) is 1.12. The van der Waals surface area contributed by atoms with Crippen molar-refractivity contribution in [1.82, 2.24) is 4.72 Å². The molecule has 0 aromatic heterocycles. The number of nitrogens with one attached hydrogen (secondary N) is 1. The Labute approximate surface area is 96.2 Å². The molecule has 1 aromatic carbocycles. The predicted molar refractivity (Wildman–Crippen MR) is 58.1 cm³/mol. The minimum absolute atomic E-state index is 0.553. The third-order valence-electron chi connectivity index (χ3n) is 1.60. The molecule has 0 bridgehead atoms. The maximum absolute atomic E-state index is 11.0. The van der Waals surface area contributed by atoms with Gasteiger partial charge in [-0.1, -0.05) is 17.7 Å². The van der Waals surface area contributed by atoms with Crippen molar-refractivity contribution in [3.05, 3.63) is 39.9 Å². The van der Waals surface area contributed by atoms with E-state index in [0.717, 1.165) is 22.4 Å². The van der Waals surface area contributed by atoms with Gasteiger partial charge in [0.2, 0.25) is 0 Å². The number of carbonyl (C=O) groups is 1. The smallest absolute Gasteiger partial charge is 0.295 e. The fraction of sp³-hybridized carbons (Fsp3) is 0.222. The van der Waals surface area contributed by atoms with Crippen LogP contribution in [-0.4, -0.2) is 17.6 Å². The second-order valence-electron chi connectivity index (χ2n) is 2.94. The van der Waals surface area contributed by atoms with Gasteiger partial charge >= 0.3 is 0 Å². The van der Waals surface area contributed by atoms with Gasteiger partial charge < -0.3 is 4.84 Å². The molecule has 0 saturated carbocycles. The molecule has 1 aromatic rings. The van der Waals surface area contributed by atoms with Gasteiger partial charge in [-0.2, -0.15) is 0 Å². The lowest BCUT2D eigenvalue weighted by Crippen LogP contribution is -2.23. The van der Waals surface area contributed by atoms with E-state index in [1.807, 2.05) is 31.2 Å². The highest BCUT2D eigenvalue weighted by Gasteiger charge is 2.04. The Morgan fingerprint density at radius 3 is 2.69 bits per heavy atom. The van der Waals surface area contributed by atoms with Gasteiger partial charge in [0.05, 0.1) is 0 Å². The van der Waals surface area contributed by atoms with Crippen molar-refractivity contribution in [3.63, 3.8) is 0 Å². The highest BCUT2D eigenvalue weighted by Crippen LogP contribution is 2.14. The zero-order valence-corrected chi connectivity index (χ0v) is 9.32. The van der Waals surface area contributed by atoms with Crippen LogP contribution >= 0.6 is 11.9 Å². The Balaban J connectivity index is 2.31. The third-order valence-corrected chi connectivity index (χ3v) is 2.44. The maximum Gasteiger partial charge on any atom is 0.295 e. The molecule has 0 aliphatic carbocycles. The molecule has 0 heterocycles. The van der Waals surface area contributed by atoms with Crippen LogP contribution in [0.5, 0.6) is 0 Å². The molecule has 16 heavy (non-hydrogen) atoms. The van der Waals surface area contributed by atoms with E-state index < -0.39 is 17.6 Å². The van der Waals surface area contributed by atoms with E-state index >= 15 is 0 Å². The number of carbonyl (C=O) groups excluding carboxylic acids is 1. The van der Waals surface area contributed by atoms with E-state index in [0.29, 0.717) is 0 Å². The van der Waals surface area contributed by atoms with Crippen LogP contribution in [-0.2, 0) is 9.63 Å². The lowest BCUT2D eigenvalue weighted by molar-refractivity contribution is -0.754. The van der Waals surface area contributed by atoms with E-state index in [2.05, 4.69) is 9.56 Å². The Morgan fingerprint density at radius 1 is 1.50 bits per heavy atom. The Kier molecular flexibility index (Phi) is 4.59. The van der Waals surface area contributed by atoms with Gasteiger partial charge in [-0.05, 0) is 31.0 Å². The van der Waals surface area contributed by atoms with Crippen molar-refractivity contribution in [2.24, 2.45) is 0 Å². The quantitative estimate of drug-likeness (QED) is 0.478. The number of benzene rings is 1. The van der Waals surface area contributed by atoms with E-state index in [1.54, 1.807) is 0 Å². The SMILES string of the molecule is Cc1ccc(SNC(=O)CO[N+](=O)[O-])cc1. The summed E-state index contributed by atoms with van der Waals surface area (Å²) in [4.78, 5) is 25.6. The van der Waals surface area contributed by atoms with Crippen molar-refractivity contribution >= 4 is 17.9 Å². The minimum atomic E-state index is -1.00.